The SMILES string of the molecule is CC(C)N1CCC[C@H]1COc1cc(N=C=S)ccc1Cl. The molecule has 5 heteroatoms. The van der Waals surface area contributed by atoms with Gasteiger partial charge in [-0.3, -0.25) is 4.90 Å². The van der Waals surface area contributed by atoms with Crippen LogP contribution in [0.4, 0.5) is 5.69 Å². The van der Waals surface area contributed by atoms with Crippen molar-refractivity contribution >= 4 is 34.7 Å². The first-order chi connectivity index (χ1) is 9.61. The molecule has 0 aliphatic carbocycles. The van der Waals surface area contributed by atoms with Gasteiger partial charge in [-0.15, -0.1) is 0 Å². The first-order valence-corrected chi connectivity index (χ1v) is 7.66. The van der Waals surface area contributed by atoms with E-state index in [0.717, 1.165) is 6.54 Å². The van der Waals surface area contributed by atoms with Gasteiger partial charge in [0.2, 0.25) is 0 Å². The minimum atomic E-state index is 0.462. The van der Waals surface area contributed by atoms with Gasteiger partial charge in [0.15, 0.2) is 0 Å². The van der Waals surface area contributed by atoms with Crippen molar-refractivity contribution in [1.29, 1.82) is 0 Å². The van der Waals surface area contributed by atoms with Crippen LogP contribution in [0.25, 0.3) is 0 Å². The van der Waals surface area contributed by atoms with Crippen molar-refractivity contribution in [2.75, 3.05) is 13.2 Å². The van der Waals surface area contributed by atoms with E-state index in [-0.39, 0.29) is 0 Å². The Morgan fingerprint density at radius 1 is 1.55 bits per heavy atom. The maximum absolute atomic E-state index is 6.15. The quantitative estimate of drug-likeness (QED) is 0.598. The Bertz CT molecular complexity index is 515. The van der Waals surface area contributed by atoms with Crippen LogP contribution in [0, 0.1) is 0 Å². The molecule has 0 spiro atoms. The Balaban J connectivity index is 2.03. The monoisotopic (exact) mass is 310 g/mol. The van der Waals surface area contributed by atoms with Gasteiger partial charge in [0.1, 0.15) is 12.4 Å². The molecule has 1 aromatic carbocycles. The minimum Gasteiger partial charge on any atom is -0.490 e. The van der Waals surface area contributed by atoms with Gasteiger partial charge in [0.05, 0.1) is 15.9 Å². The molecule has 108 valence electrons. The molecule has 1 aliphatic heterocycles. The molecule has 1 aromatic rings. The Morgan fingerprint density at radius 3 is 3.05 bits per heavy atom. The summed E-state index contributed by atoms with van der Waals surface area (Å²) in [5.74, 6) is 0.661. The van der Waals surface area contributed by atoms with Gasteiger partial charge in [-0.05, 0) is 57.6 Å². The summed E-state index contributed by atoms with van der Waals surface area (Å²) in [6.07, 6.45) is 2.41. The van der Waals surface area contributed by atoms with Crippen LogP contribution in [0.2, 0.25) is 5.02 Å². The zero-order valence-corrected chi connectivity index (χ0v) is 13.4. The maximum Gasteiger partial charge on any atom is 0.140 e. The van der Waals surface area contributed by atoms with Crippen molar-refractivity contribution in [2.24, 2.45) is 4.99 Å². The molecule has 0 saturated carbocycles. The minimum absolute atomic E-state index is 0.462. The van der Waals surface area contributed by atoms with E-state index in [4.69, 9.17) is 16.3 Å². The summed E-state index contributed by atoms with van der Waals surface area (Å²) >= 11 is 10.8. The number of nitrogens with zero attached hydrogens (tertiary/aromatic N) is 2. The summed E-state index contributed by atoms with van der Waals surface area (Å²) in [4.78, 5) is 6.43. The molecule has 2 rings (SSSR count). The molecule has 0 amide bonds. The number of likely N-dealkylation sites (tertiary alicyclic amines) is 1. The van der Waals surface area contributed by atoms with E-state index in [2.05, 4.69) is 41.1 Å². The number of ether oxygens (including phenoxy) is 1. The molecule has 1 saturated heterocycles. The summed E-state index contributed by atoms with van der Waals surface area (Å²) in [5, 5.41) is 2.95. The van der Waals surface area contributed by atoms with Gasteiger partial charge in [-0.1, -0.05) is 11.6 Å². The summed E-state index contributed by atoms with van der Waals surface area (Å²) in [6, 6.07) is 6.38. The number of aliphatic imine (C=N–C) groups is 1. The van der Waals surface area contributed by atoms with Crippen molar-refractivity contribution in [3.8, 4) is 5.75 Å². The Hall–Kier alpha value is -0.930. The normalized spacial score (nSPS) is 19.1. The number of benzene rings is 1. The van der Waals surface area contributed by atoms with Gasteiger partial charge in [0.25, 0.3) is 0 Å². The molecule has 1 fully saturated rings. The third-order valence-corrected chi connectivity index (χ3v) is 4.01. The van der Waals surface area contributed by atoms with Gasteiger partial charge in [0, 0.05) is 18.2 Å². The summed E-state index contributed by atoms with van der Waals surface area (Å²) in [7, 11) is 0. The first-order valence-electron chi connectivity index (χ1n) is 6.87. The van der Waals surface area contributed by atoms with E-state index >= 15 is 0 Å². The van der Waals surface area contributed by atoms with E-state index in [1.54, 1.807) is 18.2 Å². The zero-order valence-electron chi connectivity index (χ0n) is 11.8. The summed E-state index contributed by atoms with van der Waals surface area (Å²) in [5.41, 5.74) is 0.714. The van der Waals surface area contributed by atoms with E-state index in [1.807, 2.05) is 0 Å². The van der Waals surface area contributed by atoms with Crippen molar-refractivity contribution in [1.82, 2.24) is 4.90 Å². The number of thiocarbonyl (C=S) groups is 1. The molecule has 1 atom stereocenters. The Kier molecular flexibility index (Phi) is 5.55. The average Bonchev–Trinajstić information content (AvgIpc) is 2.88. The van der Waals surface area contributed by atoms with Crippen LogP contribution in [-0.4, -0.2) is 35.3 Å². The summed E-state index contributed by atoms with van der Waals surface area (Å²) < 4.78 is 5.89. The zero-order chi connectivity index (χ0) is 14.5. The topological polar surface area (TPSA) is 24.8 Å². The van der Waals surface area contributed by atoms with Gasteiger partial charge in [-0.25, -0.2) is 0 Å². The van der Waals surface area contributed by atoms with Crippen molar-refractivity contribution in [3.05, 3.63) is 23.2 Å². The maximum atomic E-state index is 6.15. The molecule has 1 aliphatic rings. The van der Waals surface area contributed by atoms with E-state index < -0.39 is 0 Å². The second-order valence-corrected chi connectivity index (χ2v) is 5.85. The van der Waals surface area contributed by atoms with Crippen LogP contribution in [0.5, 0.6) is 5.75 Å². The lowest BCUT2D eigenvalue weighted by molar-refractivity contribution is 0.144. The van der Waals surface area contributed by atoms with Crippen molar-refractivity contribution in [2.45, 2.75) is 38.8 Å². The lowest BCUT2D eigenvalue weighted by atomic mass is 10.2. The molecule has 1 heterocycles. The molecule has 20 heavy (non-hydrogen) atoms. The predicted octanol–water partition coefficient (Wildman–Crippen LogP) is 4.33. The highest BCUT2D eigenvalue weighted by Gasteiger charge is 2.27. The third-order valence-electron chi connectivity index (χ3n) is 3.61. The Morgan fingerprint density at radius 2 is 2.35 bits per heavy atom. The highest BCUT2D eigenvalue weighted by molar-refractivity contribution is 7.78. The first kappa shape index (κ1) is 15.5. The molecule has 0 radical (unpaired) electrons. The largest absolute Gasteiger partial charge is 0.490 e. The number of rotatable bonds is 5. The van der Waals surface area contributed by atoms with Crippen LogP contribution >= 0.6 is 23.8 Å². The fourth-order valence-electron chi connectivity index (χ4n) is 2.63. The fraction of sp³-hybridized carbons (Fsp3) is 0.533. The van der Waals surface area contributed by atoms with E-state index in [0.29, 0.717) is 35.2 Å². The van der Waals surface area contributed by atoms with E-state index in [1.165, 1.54) is 12.8 Å². The molecular weight excluding hydrogens is 292 g/mol. The second-order valence-electron chi connectivity index (χ2n) is 5.26. The highest BCUT2D eigenvalue weighted by Crippen LogP contribution is 2.30. The van der Waals surface area contributed by atoms with Crippen molar-refractivity contribution < 1.29 is 4.74 Å². The van der Waals surface area contributed by atoms with Gasteiger partial charge < -0.3 is 4.74 Å². The average molecular weight is 311 g/mol. The van der Waals surface area contributed by atoms with Gasteiger partial charge in [-0.2, -0.15) is 4.99 Å². The Labute approximate surface area is 130 Å². The van der Waals surface area contributed by atoms with Crippen LogP contribution in [-0.2, 0) is 0 Å². The molecule has 0 unspecified atom stereocenters. The predicted molar refractivity (Wildman–Crippen MR) is 86.5 cm³/mol. The van der Waals surface area contributed by atoms with Crippen LogP contribution in [0.15, 0.2) is 23.2 Å². The third kappa shape index (κ3) is 3.80. The van der Waals surface area contributed by atoms with Crippen LogP contribution in [0.3, 0.4) is 0 Å². The number of hydrogen-bond donors (Lipinski definition) is 0. The highest BCUT2D eigenvalue weighted by atomic mass is 35.5. The van der Waals surface area contributed by atoms with Gasteiger partial charge >= 0.3 is 0 Å². The lowest BCUT2D eigenvalue weighted by Gasteiger charge is -2.28. The number of halogens is 1. The number of hydrogen-bond acceptors (Lipinski definition) is 4. The standard InChI is InChI=1S/C15H19ClN2OS/c1-11(2)18-7-3-4-13(18)9-19-15-8-12(17-10-20)5-6-14(15)16/h5-6,8,11,13H,3-4,7,9H2,1-2H3/t13-/m0/s1. The second kappa shape index (κ2) is 7.19. The molecule has 0 aromatic heterocycles. The molecule has 0 N–H and O–H groups in total. The fourth-order valence-corrected chi connectivity index (χ4v) is 2.91. The smallest absolute Gasteiger partial charge is 0.140 e. The number of isothiocyanates is 1. The van der Waals surface area contributed by atoms with Crippen molar-refractivity contribution in [3.63, 3.8) is 0 Å². The molecular formula is C15H19ClN2OS. The van der Waals surface area contributed by atoms with Crippen LogP contribution < -0.4 is 4.74 Å². The van der Waals surface area contributed by atoms with Crippen LogP contribution in [0.1, 0.15) is 26.7 Å². The molecule has 3 nitrogen and oxygen atoms in total. The van der Waals surface area contributed by atoms with E-state index in [9.17, 15) is 0 Å². The summed E-state index contributed by atoms with van der Waals surface area (Å²) in [6.45, 7) is 6.25. The molecule has 0 bridgehead atoms. The lowest BCUT2D eigenvalue weighted by Crippen LogP contribution is -2.39.